The highest BCUT2D eigenvalue weighted by Crippen LogP contribution is 2.23. The zero-order valence-corrected chi connectivity index (χ0v) is 24.3. The van der Waals surface area contributed by atoms with E-state index in [1.807, 2.05) is 14.1 Å². The van der Waals surface area contributed by atoms with Gasteiger partial charge in [0.2, 0.25) is 0 Å². The lowest BCUT2D eigenvalue weighted by Crippen LogP contribution is -2.24. The molecule has 1 aliphatic carbocycles. The van der Waals surface area contributed by atoms with Crippen LogP contribution < -0.4 is 16.4 Å². The lowest BCUT2D eigenvalue weighted by atomic mass is 9.98. The Bertz CT molecular complexity index is 1190. The van der Waals surface area contributed by atoms with Crippen molar-refractivity contribution < 1.29 is 18.7 Å². The molecule has 3 aromatic rings. The first kappa shape index (κ1) is 36.2. The Labute approximate surface area is 244 Å². The maximum atomic E-state index is 14.4. The number of aliphatic hydroxyl groups is 1. The van der Waals surface area contributed by atoms with Gasteiger partial charge in [0, 0.05) is 29.0 Å². The SMILES string of the molecule is C#C.C#C.CNC.Nc1nccnc1-c1ccc(C(=O)NCc2cc(F)cc(Br)c2)c(F)c1.OC1CCCCC1. The number of nitrogen functional groups attached to an aromatic ring is 1. The second-order valence-electron chi connectivity index (χ2n) is 8.24. The number of carbonyl (C=O) groups excluding carboxylic acids is 1. The molecule has 0 atom stereocenters. The van der Waals surface area contributed by atoms with Crippen molar-refractivity contribution in [2.24, 2.45) is 0 Å². The Kier molecular flexibility index (Phi) is 19.0. The van der Waals surface area contributed by atoms with Crippen molar-refractivity contribution in [2.45, 2.75) is 44.8 Å². The number of nitrogens with one attached hydrogen (secondary N) is 2. The normalized spacial score (nSPS) is 11.8. The van der Waals surface area contributed by atoms with Crippen LogP contribution in [0.1, 0.15) is 48.0 Å². The molecule has 1 aliphatic rings. The summed E-state index contributed by atoms with van der Waals surface area (Å²) in [6.45, 7) is 0.0630. The van der Waals surface area contributed by atoms with E-state index in [0.717, 1.165) is 12.8 Å². The average Bonchev–Trinajstić information content (AvgIpc) is 2.95. The van der Waals surface area contributed by atoms with Crippen molar-refractivity contribution >= 4 is 27.7 Å². The first-order valence-corrected chi connectivity index (χ1v) is 13.1. The van der Waals surface area contributed by atoms with Gasteiger partial charge in [-0.15, -0.1) is 25.7 Å². The van der Waals surface area contributed by atoms with Crippen molar-refractivity contribution in [2.75, 3.05) is 19.8 Å². The molecule has 214 valence electrons. The number of rotatable bonds is 4. The van der Waals surface area contributed by atoms with E-state index in [2.05, 4.69) is 62.2 Å². The van der Waals surface area contributed by atoms with E-state index in [0.29, 0.717) is 21.3 Å². The summed E-state index contributed by atoms with van der Waals surface area (Å²) in [4.78, 5) is 20.2. The van der Waals surface area contributed by atoms with Crippen molar-refractivity contribution in [3.05, 3.63) is 76.0 Å². The molecule has 0 saturated heterocycles. The highest BCUT2D eigenvalue weighted by Gasteiger charge is 2.14. The van der Waals surface area contributed by atoms with E-state index in [-0.39, 0.29) is 24.0 Å². The third kappa shape index (κ3) is 13.3. The van der Waals surface area contributed by atoms with Gasteiger partial charge in [0.1, 0.15) is 23.1 Å². The minimum absolute atomic E-state index is 0.0359. The standard InChI is InChI=1S/C18H13BrF2N4O.C6H12O.C2H7N.2C2H2/c19-12-5-10(6-13(20)8-12)9-25-18(26)14-2-1-11(7-15(14)21)16-17(22)24-4-3-23-16;7-6-4-2-1-3-5-6;1-3-2;2*1-2/h1-8H,9H2,(H2,22,24)(H,25,26);6-7H,1-5H2;3H,1-2H3;2*1-2H. The van der Waals surface area contributed by atoms with Gasteiger partial charge in [-0.25, -0.2) is 13.8 Å². The number of benzene rings is 2. The van der Waals surface area contributed by atoms with Gasteiger partial charge in [0.15, 0.2) is 0 Å². The number of aromatic nitrogens is 2. The Balaban J connectivity index is 0.000000904. The molecule has 1 fully saturated rings. The van der Waals surface area contributed by atoms with Gasteiger partial charge in [-0.2, -0.15) is 0 Å². The third-order valence-corrected chi connectivity index (χ3v) is 5.62. The van der Waals surface area contributed by atoms with Gasteiger partial charge >= 0.3 is 0 Å². The fourth-order valence-corrected chi connectivity index (χ4v) is 4.00. The van der Waals surface area contributed by atoms with Gasteiger partial charge in [-0.1, -0.05) is 41.3 Å². The highest BCUT2D eigenvalue weighted by molar-refractivity contribution is 9.10. The molecule has 0 spiro atoms. The topological polar surface area (TPSA) is 113 Å². The van der Waals surface area contributed by atoms with Crippen LogP contribution in [-0.4, -0.2) is 41.2 Å². The summed E-state index contributed by atoms with van der Waals surface area (Å²) in [6.07, 6.45) is 24.8. The number of nitrogens with two attached hydrogens (primary N) is 1. The lowest BCUT2D eigenvalue weighted by Gasteiger charge is -2.14. The molecule has 1 saturated carbocycles. The van der Waals surface area contributed by atoms with Crippen LogP contribution in [-0.2, 0) is 6.54 Å². The van der Waals surface area contributed by atoms with E-state index in [1.54, 1.807) is 6.07 Å². The first-order valence-electron chi connectivity index (χ1n) is 12.3. The summed E-state index contributed by atoms with van der Waals surface area (Å²) in [5.74, 6) is -1.59. The molecule has 7 nitrogen and oxygen atoms in total. The lowest BCUT2D eigenvalue weighted by molar-refractivity contribution is 0.0946. The molecule has 1 amide bonds. The molecule has 5 N–H and O–H groups in total. The van der Waals surface area contributed by atoms with E-state index < -0.39 is 17.5 Å². The van der Waals surface area contributed by atoms with Crippen molar-refractivity contribution in [1.29, 1.82) is 0 Å². The van der Waals surface area contributed by atoms with Crippen molar-refractivity contribution in [1.82, 2.24) is 20.6 Å². The number of hydrogen-bond acceptors (Lipinski definition) is 6. The number of terminal acetylenes is 2. The largest absolute Gasteiger partial charge is 0.393 e. The quantitative estimate of drug-likeness (QED) is 0.295. The second kappa shape index (κ2) is 21.0. The fourth-order valence-electron chi connectivity index (χ4n) is 3.49. The summed E-state index contributed by atoms with van der Waals surface area (Å²) >= 11 is 3.18. The number of halogens is 3. The summed E-state index contributed by atoms with van der Waals surface area (Å²) in [7, 11) is 3.75. The number of nitrogens with zero attached hydrogens (tertiary/aromatic N) is 2. The van der Waals surface area contributed by atoms with Crippen LogP contribution in [0.4, 0.5) is 14.6 Å². The van der Waals surface area contributed by atoms with Crippen LogP contribution in [0.3, 0.4) is 0 Å². The van der Waals surface area contributed by atoms with E-state index in [9.17, 15) is 13.6 Å². The minimum atomic E-state index is -0.717. The Hall–Kier alpha value is -3.83. The molecule has 0 radical (unpaired) electrons. The monoisotopic (exact) mass is 615 g/mol. The maximum absolute atomic E-state index is 14.4. The number of aliphatic hydroxyl groups excluding tert-OH is 1. The van der Waals surface area contributed by atoms with Gasteiger partial charge in [0.25, 0.3) is 5.91 Å². The Morgan fingerprint density at radius 1 is 1.02 bits per heavy atom. The van der Waals surface area contributed by atoms with Crippen LogP contribution in [0.25, 0.3) is 11.3 Å². The summed E-state index contributed by atoms with van der Waals surface area (Å²) in [5, 5.41) is 14.2. The Morgan fingerprint density at radius 3 is 2.12 bits per heavy atom. The van der Waals surface area contributed by atoms with E-state index >= 15 is 0 Å². The number of amides is 1. The molecule has 1 aromatic heterocycles. The summed E-state index contributed by atoms with van der Waals surface area (Å²) < 4.78 is 28.3. The van der Waals surface area contributed by atoms with Gasteiger partial charge in [0.05, 0.1) is 11.7 Å². The molecule has 1 heterocycles. The molecule has 2 aromatic carbocycles. The molecule has 4 rings (SSSR count). The van der Waals surface area contributed by atoms with Crippen molar-refractivity contribution in [3.63, 3.8) is 0 Å². The van der Waals surface area contributed by atoms with E-state index in [4.69, 9.17) is 10.8 Å². The first-order chi connectivity index (χ1) is 19.2. The summed E-state index contributed by atoms with van der Waals surface area (Å²) in [5.41, 5.74) is 6.90. The molecular weight excluding hydrogens is 580 g/mol. The predicted molar refractivity (Wildman–Crippen MR) is 161 cm³/mol. The number of carbonyl (C=O) groups is 1. The molecule has 0 unspecified atom stereocenters. The van der Waals surface area contributed by atoms with E-state index in [1.165, 1.54) is 62.0 Å². The van der Waals surface area contributed by atoms with Crippen LogP contribution in [0, 0.1) is 37.3 Å². The second-order valence-corrected chi connectivity index (χ2v) is 9.15. The maximum Gasteiger partial charge on any atom is 0.254 e. The smallest absolute Gasteiger partial charge is 0.254 e. The highest BCUT2D eigenvalue weighted by atomic mass is 79.9. The molecule has 0 bridgehead atoms. The van der Waals surface area contributed by atoms with Gasteiger partial charge in [-0.05, 0) is 62.8 Å². The number of hydrogen-bond donors (Lipinski definition) is 4. The fraction of sp³-hybridized carbons (Fsp3) is 0.300. The van der Waals surface area contributed by atoms with Crippen LogP contribution in [0.5, 0.6) is 0 Å². The zero-order valence-electron chi connectivity index (χ0n) is 22.7. The third-order valence-electron chi connectivity index (χ3n) is 5.16. The molecule has 0 aliphatic heterocycles. The predicted octanol–water partition coefficient (Wildman–Crippen LogP) is 5.34. The molecule has 40 heavy (non-hydrogen) atoms. The summed E-state index contributed by atoms with van der Waals surface area (Å²) in [6, 6.07) is 8.32. The van der Waals surface area contributed by atoms with Gasteiger partial charge < -0.3 is 21.5 Å². The van der Waals surface area contributed by atoms with Crippen molar-refractivity contribution in [3.8, 4) is 37.0 Å². The van der Waals surface area contributed by atoms with Gasteiger partial charge in [-0.3, -0.25) is 9.78 Å². The van der Waals surface area contributed by atoms with Crippen LogP contribution >= 0.6 is 15.9 Å². The van der Waals surface area contributed by atoms with Crippen LogP contribution in [0.2, 0.25) is 0 Å². The minimum Gasteiger partial charge on any atom is -0.393 e. The number of anilines is 1. The zero-order chi connectivity index (χ0) is 30.5. The Morgan fingerprint density at radius 2 is 1.62 bits per heavy atom. The van der Waals surface area contributed by atoms with Crippen LogP contribution in [0.15, 0.2) is 53.3 Å². The molecular formula is C30H36BrF2N5O2. The average molecular weight is 617 g/mol. The molecule has 10 heteroatoms.